The number of carbonyl (C=O) groups excluding carboxylic acids is 3. The first-order valence-corrected chi connectivity index (χ1v) is 14.6. The van der Waals surface area contributed by atoms with Gasteiger partial charge in [-0.05, 0) is 67.6 Å². The Balaban J connectivity index is 0.00000216. The molecule has 1 heterocycles. The highest BCUT2D eigenvalue weighted by atomic mass is 19.1. The normalized spacial score (nSPS) is 17.4. The van der Waals surface area contributed by atoms with Crippen LogP contribution in [0, 0.1) is 23.6 Å². The first-order chi connectivity index (χ1) is 20.5. The smallest absolute Gasteiger partial charge is 0.354 e. The zero-order chi connectivity index (χ0) is 33.3. The van der Waals surface area contributed by atoms with Gasteiger partial charge in [0.15, 0.2) is 12.0 Å². The van der Waals surface area contributed by atoms with E-state index in [1.807, 2.05) is 14.1 Å². The molecule has 0 spiro atoms. The third kappa shape index (κ3) is 9.90. The Bertz CT molecular complexity index is 1270. The van der Waals surface area contributed by atoms with Crippen LogP contribution in [0.2, 0.25) is 0 Å². The molecule has 1 unspecified atom stereocenters. The summed E-state index contributed by atoms with van der Waals surface area (Å²) in [6, 6.07) is 8.77. The minimum absolute atomic E-state index is 0.105. The Hall–Kier alpha value is -3.22. The van der Waals surface area contributed by atoms with Crippen molar-refractivity contribution >= 4 is 19.0 Å². The molecule has 1 saturated heterocycles. The van der Waals surface area contributed by atoms with E-state index in [1.54, 1.807) is 25.1 Å². The number of piperidine rings is 1. The molecule has 0 aliphatic carbocycles. The van der Waals surface area contributed by atoms with E-state index in [4.69, 9.17) is 4.74 Å². The molecule has 1 amide bonds. The molecule has 2 aromatic carbocycles. The highest BCUT2D eigenvalue weighted by Gasteiger charge is 2.38. The molecule has 1 aliphatic rings. The van der Waals surface area contributed by atoms with Crippen LogP contribution in [0.4, 0.5) is 4.39 Å². The Morgan fingerprint density at radius 3 is 2.18 bits per heavy atom. The fourth-order valence-electron chi connectivity index (χ4n) is 6.12. The van der Waals surface area contributed by atoms with E-state index in [2.05, 4.69) is 37.9 Å². The Morgan fingerprint density at radius 1 is 1.05 bits per heavy atom. The van der Waals surface area contributed by atoms with Crippen molar-refractivity contribution in [3.63, 3.8) is 0 Å². The highest BCUT2D eigenvalue weighted by molar-refractivity contribution is 5.68. The van der Waals surface area contributed by atoms with E-state index in [-0.39, 0.29) is 54.2 Å². The molecular formula is C33H48FN3O7. The Labute approximate surface area is 259 Å². The van der Waals surface area contributed by atoms with Gasteiger partial charge in [-0.3, -0.25) is 14.5 Å². The van der Waals surface area contributed by atoms with Gasteiger partial charge in [-0.2, -0.15) is 0 Å². The summed E-state index contributed by atoms with van der Waals surface area (Å²) in [5, 5.41) is 35.1. The van der Waals surface area contributed by atoms with Crippen molar-refractivity contribution in [2.24, 2.45) is 10.8 Å². The van der Waals surface area contributed by atoms with Crippen molar-refractivity contribution in [1.29, 1.82) is 0 Å². The van der Waals surface area contributed by atoms with Crippen molar-refractivity contribution in [1.82, 2.24) is 15.1 Å². The maximum atomic E-state index is 15.3. The lowest BCUT2D eigenvalue weighted by atomic mass is 9.71. The molecule has 0 radical (unpaired) electrons. The number of rotatable bonds is 13. The third-order valence-electron chi connectivity index (χ3n) is 7.44. The summed E-state index contributed by atoms with van der Waals surface area (Å²) >= 11 is 0. The Morgan fingerprint density at radius 2 is 1.66 bits per heavy atom. The lowest BCUT2D eigenvalue weighted by Gasteiger charge is -2.47. The first kappa shape index (κ1) is 37.0. The number of amides is 1. The average molecular weight is 618 g/mol. The van der Waals surface area contributed by atoms with Gasteiger partial charge in [0.1, 0.15) is 17.9 Å². The number of benzene rings is 2. The molecule has 4 N–H and O–H groups in total. The van der Waals surface area contributed by atoms with Gasteiger partial charge in [-0.25, -0.2) is 4.39 Å². The van der Waals surface area contributed by atoms with Crippen LogP contribution in [0.5, 0.6) is 5.75 Å². The molecule has 2 aromatic rings. The molecule has 1 atom stereocenters. The van der Waals surface area contributed by atoms with Crippen LogP contribution in [0.1, 0.15) is 69.2 Å². The van der Waals surface area contributed by atoms with E-state index in [0.29, 0.717) is 24.0 Å². The molecule has 0 saturated carbocycles. The van der Waals surface area contributed by atoms with Crippen molar-refractivity contribution in [2.75, 3.05) is 27.2 Å². The fourth-order valence-corrected chi connectivity index (χ4v) is 6.12. The number of aliphatic hydroxyl groups is 3. The SMILES string of the molecule is CNC.Cc1cccc(OC(O)(O)c2ccc(CN3CC(C)(C)CC(C)(C)C3)cc2F)c1CN(C=O)C(O)(C=O)CCC=O. The van der Waals surface area contributed by atoms with Crippen molar-refractivity contribution in [2.45, 2.75) is 78.7 Å². The maximum Gasteiger partial charge on any atom is 0.354 e. The van der Waals surface area contributed by atoms with Crippen LogP contribution in [0.3, 0.4) is 0 Å². The highest BCUT2D eigenvalue weighted by Crippen LogP contribution is 2.40. The molecule has 10 nitrogen and oxygen atoms in total. The lowest BCUT2D eigenvalue weighted by molar-refractivity contribution is -0.305. The molecule has 11 heteroatoms. The van der Waals surface area contributed by atoms with Crippen molar-refractivity contribution < 1.29 is 38.8 Å². The van der Waals surface area contributed by atoms with E-state index in [0.717, 1.165) is 24.4 Å². The standard InChI is InChI=1S/C31H41FN2O7.C2H7N/c1-22-8-6-9-27(24(22)16-34(21-37)30(38,20-36)12-7-13-35)41-31(39,40)25-11-10-23(14-26(25)32)15-33-18-28(2,3)17-29(4,5)19-33;1-3-2/h6,8-11,13-14,20-21,38-40H,7,12,15-19H2,1-5H3;3H,1-2H3. The van der Waals surface area contributed by atoms with Crippen molar-refractivity contribution in [3.8, 4) is 5.75 Å². The van der Waals surface area contributed by atoms with E-state index in [9.17, 15) is 29.7 Å². The summed E-state index contributed by atoms with van der Waals surface area (Å²) in [5.41, 5.74) is -1.09. The number of aryl methyl sites for hydroxylation is 1. The zero-order valence-electron chi connectivity index (χ0n) is 26.9. The van der Waals surface area contributed by atoms with E-state index >= 15 is 4.39 Å². The summed E-state index contributed by atoms with van der Waals surface area (Å²) < 4.78 is 20.8. The molecule has 1 fully saturated rings. The second-order valence-electron chi connectivity index (χ2n) is 13.2. The molecule has 44 heavy (non-hydrogen) atoms. The van der Waals surface area contributed by atoms with Crippen LogP contribution < -0.4 is 10.1 Å². The number of nitrogens with zero attached hydrogens (tertiary/aromatic N) is 2. The van der Waals surface area contributed by atoms with Gasteiger partial charge < -0.3 is 35.1 Å². The van der Waals surface area contributed by atoms with E-state index in [1.165, 1.54) is 18.2 Å². The third-order valence-corrected chi connectivity index (χ3v) is 7.44. The number of ether oxygens (including phenoxy) is 1. The lowest BCUT2D eigenvalue weighted by Crippen LogP contribution is -2.49. The summed E-state index contributed by atoms with van der Waals surface area (Å²) in [5.74, 6) is -4.05. The second kappa shape index (κ2) is 15.2. The average Bonchev–Trinajstić information content (AvgIpc) is 2.90. The van der Waals surface area contributed by atoms with Gasteiger partial charge in [0.05, 0.1) is 12.1 Å². The van der Waals surface area contributed by atoms with Gasteiger partial charge >= 0.3 is 5.97 Å². The summed E-state index contributed by atoms with van der Waals surface area (Å²) in [6.45, 7) is 12.4. The second-order valence-corrected chi connectivity index (χ2v) is 13.2. The van der Waals surface area contributed by atoms with Crippen LogP contribution in [0.15, 0.2) is 36.4 Å². The number of hydrogen-bond acceptors (Lipinski definition) is 9. The van der Waals surface area contributed by atoms with Crippen LogP contribution in [-0.2, 0) is 33.4 Å². The molecule has 244 valence electrons. The Kier molecular flexibility index (Phi) is 12.8. The van der Waals surface area contributed by atoms with Crippen LogP contribution in [-0.4, -0.2) is 77.0 Å². The summed E-state index contributed by atoms with van der Waals surface area (Å²) in [4.78, 5) is 37.3. The monoisotopic (exact) mass is 617 g/mol. The topological polar surface area (TPSA) is 140 Å². The molecule has 1 aliphatic heterocycles. The zero-order valence-corrected chi connectivity index (χ0v) is 26.9. The minimum Gasteiger partial charge on any atom is -0.435 e. The quantitative estimate of drug-likeness (QED) is 0.197. The van der Waals surface area contributed by atoms with Gasteiger partial charge in [0.25, 0.3) is 0 Å². The molecule has 0 bridgehead atoms. The largest absolute Gasteiger partial charge is 0.435 e. The molecular weight excluding hydrogens is 569 g/mol. The molecule has 0 aromatic heterocycles. The van der Waals surface area contributed by atoms with Gasteiger partial charge in [0, 0.05) is 38.0 Å². The number of carbonyl (C=O) groups is 3. The van der Waals surface area contributed by atoms with Gasteiger partial charge in [0.2, 0.25) is 6.41 Å². The predicted octanol–water partition coefficient (Wildman–Crippen LogP) is 3.23. The van der Waals surface area contributed by atoms with Crippen molar-refractivity contribution in [3.05, 3.63) is 64.5 Å². The fraction of sp³-hybridized carbons (Fsp3) is 0.545. The minimum atomic E-state index is -3.08. The predicted molar refractivity (Wildman–Crippen MR) is 165 cm³/mol. The number of nitrogens with one attached hydrogen (secondary N) is 1. The molecule has 3 rings (SSSR count). The van der Waals surface area contributed by atoms with Gasteiger partial charge in [-0.1, -0.05) is 45.9 Å². The van der Waals surface area contributed by atoms with Gasteiger partial charge in [-0.15, -0.1) is 0 Å². The van der Waals surface area contributed by atoms with Crippen LogP contribution in [0.25, 0.3) is 0 Å². The first-order valence-electron chi connectivity index (χ1n) is 14.6. The number of hydrogen-bond donors (Lipinski definition) is 4. The van der Waals surface area contributed by atoms with Crippen LogP contribution >= 0.6 is 0 Å². The maximum absolute atomic E-state index is 15.3. The number of likely N-dealkylation sites (tertiary alicyclic amines) is 1. The summed E-state index contributed by atoms with van der Waals surface area (Å²) in [6.07, 6.45) is 1.51. The number of aldehydes is 2. The number of halogens is 1. The summed E-state index contributed by atoms with van der Waals surface area (Å²) in [7, 11) is 3.75. The van der Waals surface area contributed by atoms with E-state index < -0.39 is 23.1 Å².